The number of benzene rings is 10. The number of aryl methyl sites for hydroxylation is 5. The molecule has 5 aliphatic heterocycles. The molecule has 131 heavy (non-hydrogen) atoms. The largest absolute Gasteiger partial charge is 0.454 e. The van der Waals surface area contributed by atoms with Gasteiger partial charge in [0.2, 0.25) is 0 Å². The molecule has 0 radical (unpaired) electrons. The van der Waals surface area contributed by atoms with Crippen LogP contribution in [0.2, 0.25) is 0 Å². The number of furan rings is 5. The molecule has 0 amide bonds. The third kappa shape index (κ3) is 13.3. The number of nitrogens with zero attached hydrogens (tertiary/aromatic N) is 17. The smallest absolute Gasteiger partial charge is 0.178 e. The van der Waals surface area contributed by atoms with Gasteiger partial charge in [-0.25, -0.2) is 34.9 Å². The van der Waals surface area contributed by atoms with Crippen molar-refractivity contribution in [3.63, 3.8) is 0 Å². The maximum absolute atomic E-state index is 8.68. The van der Waals surface area contributed by atoms with Crippen molar-refractivity contribution in [2.24, 2.45) is 0 Å². The predicted molar refractivity (Wildman–Crippen MR) is 537 cm³/mol. The van der Waals surface area contributed by atoms with Crippen molar-refractivity contribution in [3.05, 3.63) is 290 Å². The first-order valence-corrected chi connectivity index (χ1v) is 44.8. The Hall–Kier alpha value is -15.2. The SMILES string of the molecule is Cc1ccc2c(oc3ccccc32)c1N1c2cccnc2N(C)C1C.Cc1ccc2c(oc3ccccc32)c1N1c2nccnc2N(C)C1C.[2H]C(C)(C)N1c2ncccc2N(c2c(C)ccc3c2oc2ccccc23)C1C.[2H]C(C)(C)N1c2ncccc2N(c2c(C)ccc3c2oc2ccccc23)C1C.[2H]C(C)(C)N1c2nccnc2N(c2c(C)ccc3c2oc2ccccc23)C1C. The summed E-state index contributed by atoms with van der Waals surface area (Å²) in [5.41, 5.74) is 23.0. The van der Waals surface area contributed by atoms with Crippen LogP contribution in [-0.2, 0) is 0 Å². The minimum absolute atomic E-state index is 0.0603. The highest BCUT2D eigenvalue weighted by Crippen LogP contribution is 2.55. The molecule has 20 aromatic rings. The summed E-state index contributed by atoms with van der Waals surface area (Å²) < 4.78 is 57.6. The fourth-order valence-corrected chi connectivity index (χ4v) is 20.4. The molecule has 0 fully saturated rings. The van der Waals surface area contributed by atoms with E-state index in [2.05, 4.69) is 271 Å². The number of para-hydroxylation sites is 5. The zero-order chi connectivity index (χ0) is 93.1. The molecule has 22 nitrogen and oxygen atoms in total. The van der Waals surface area contributed by atoms with Crippen molar-refractivity contribution in [2.45, 2.75) is 160 Å². The molecule has 15 heterocycles. The molecule has 10 aromatic carbocycles. The molecule has 10 aromatic heterocycles. The summed E-state index contributed by atoms with van der Waals surface area (Å²) in [6.45, 7) is 32.6. The summed E-state index contributed by atoms with van der Waals surface area (Å²) >= 11 is 0. The van der Waals surface area contributed by atoms with Gasteiger partial charge in [0.05, 0.1) is 49.6 Å². The Morgan fingerprint density at radius 1 is 0.237 bits per heavy atom. The zero-order valence-electron chi connectivity index (χ0n) is 79.9. The highest BCUT2D eigenvalue weighted by molar-refractivity contribution is 6.16. The second kappa shape index (κ2) is 32.5. The van der Waals surface area contributed by atoms with Gasteiger partial charge in [-0.3, -0.25) is 9.80 Å². The molecule has 0 spiro atoms. The zero-order valence-corrected chi connectivity index (χ0v) is 76.9. The molecule has 0 saturated heterocycles. The van der Waals surface area contributed by atoms with Crippen molar-refractivity contribution >= 4 is 196 Å². The van der Waals surface area contributed by atoms with Gasteiger partial charge in [0.25, 0.3) is 0 Å². The van der Waals surface area contributed by atoms with E-state index in [-0.39, 0.29) is 30.8 Å². The quantitative estimate of drug-likeness (QED) is 0.140. The number of anilines is 15. The Balaban J connectivity index is 0.000000101. The van der Waals surface area contributed by atoms with Crippen LogP contribution < -0.4 is 49.0 Å². The van der Waals surface area contributed by atoms with E-state index in [0.717, 1.165) is 218 Å². The lowest BCUT2D eigenvalue weighted by Gasteiger charge is -2.33. The normalized spacial score (nSPS) is 17.3. The van der Waals surface area contributed by atoms with E-state index in [4.69, 9.17) is 26.2 Å². The molecule has 5 unspecified atom stereocenters. The van der Waals surface area contributed by atoms with Crippen molar-refractivity contribution in [2.75, 3.05) is 63.1 Å². The van der Waals surface area contributed by atoms with Crippen LogP contribution in [0.4, 0.5) is 86.2 Å². The summed E-state index contributed by atoms with van der Waals surface area (Å²) in [6, 6.07) is 72.0. The van der Waals surface area contributed by atoms with Crippen LogP contribution in [0, 0.1) is 34.6 Å². The minimum atomic E-state index is -0.839. The maximum Gasteiger partial charge on any atom is 0.178 e. The Morgan fingerprint density at radius 3 is 0.794 bits per heavy atom. The van der Waals surface area contributed by atoms with Crippen LogP contribution in [0.15, 0.2) is 284 Å². The van der Waals surface area contributed by atoms with E-state index in [1.807, 2.05) is 163 Å². The topological polar surface area (TPSA) is 188 Å². The van der Waals surface area contributed by atoms with Gasteiger partial charge in [-0.1, -0.05) is 152 Å². The molecule has 0 aliphatic carbocycles. The fourth-order valence-electron chi connectivity index (χ4n) is 20.4. The lowest BCUT2D eigenvalue weighted by atomic mass is 10.1. The lowest BCUT2D eigenvalue weighted by molar-refractivity contribution is 0.598. The Labute approximate surface area is 765 Å². The number of hydrogen-bond donors (Lipinski definition) is 0. The molecule has 5 atom stereocenters. The summed E-state index contributed by atoms with van der Waals surface area (Å²) in [7, 11) is 4.14. The van der Waals surface area contributed by atoms with E-state index in [0.29, 0.717) is 0 Å². The Kier molecular flexibility index (Phi) is 19.7. The number of aromatic nitrogens is 7. The van der Waals surface area contributed by atoms with Gasteiger partial charge < -0.3 is 61.3 Å². The van der Waals surface area contributed by atoms with Gasteiger partial charge >= 0.3 is 0 Å². The molecule has 0 saturated carbocycles. The second-order valence-corrected chi connectivity index (χ2v) is 35.2. The number of hydrogen-bond acceptors (Lipinski definition) is 22. The van der Waals surface area contributed by atoms with Gasteiger partial charge in [-0.15, -0.1) is 0 Å². The van der Waals surface area contributed by atoms with Crippen LogP contribution in [0.1, 0.15) is 108 Å². The summed E-state index contributed by atoms with van der Waals surface area (Å²) in [4.78, 5) is 53.8. The number of fused-ring (bicyclic) bond motifs is 20. The summed E-state index contributed by atoms with van der Waals surface area (Å²) in [5, 5.41) is 11.2. The maximum atomic E-state index is 8.68. The molecule has 0 N–H and O–H groups in total. The molecule has 656 valence electrons. The van der Waals surface area contributed by atoms with Gasteiger partial charge in [-0.2, -0.15) is 0 Å². The first-order valence-electron chi connectivity index (χ1n) is 46.3. The average Bonchev–Trinajstić information content (AvgIpc) is 1.57. The average molecular weight is 1740 g/mol. The van der Waals surface area contributed by atoms with Gasteiger partial charge in [-0.05, 0) is 205 Å². The minimum Gasteiger partial charge on any atom is -0.454 e. The van der Waals surface area contributed by atoms with Crippen LogP contribution >= 0.6 is 0 Å². The van der Waals surface area contributed by atoms with Gasteiger partial charge in [0.1, 0.15) is 58.7 Å². The first-order chi connectivity index (χ1) is 64.5. The fraction of sp³-hybridized carbons (Fsp3) is 0.239. The predicted octanol–water partition coefficient (Wildman–Crippen LogP) is 27.2. The molecule has 5 aliphatic rings. The highest BCUT2D eigenvalue weighted by atomic mass is 16.3. The Bertz CT molecular complexity index is 7390. The third-order valence-corrected chi connectivity index (χ3v) is 26.6. The van der Waals surface area contributed by atoms with E-state index >= 15 is 0 Å². The molecule has 0 bridgehead atoms. The second-order valence-electron chi connectivity index (χ2n) is 35.2. The standard InChI is InChI=1S/2C23H23N3O.C22H22N4O.C21H19N3O.C20H18N4O/c2*1-14(2)25-16(4)26(19-9-7-13-24-23(19)25)21-15(3)11-12-18-17-8-5-6-10-20(17)27-22(18)21;1-13(2)25-15(4)26(22-21(25)23-11-12-24-22)19-14(3)9-10-17-16-7-5-6-8-18(16)27-20(17)19;1-13-10-11-16-15-7-4-5-9-18(15)25-20(16)19(13)24-14(2)23(3)21-17(24)8-6-12-22-21;1-12-8-9-15-14-6-4-5-7-16(14)25-18(15)17(12)24-13(2)23(3)19-20(24)22-11-10-21-19/h2*5-14,16H,1-4H3;5-13,15H,1-4H3;4-12,14H,1-3H3;4-11,13H,1-3H3/i2*14D;13D;;. The van der Waals surface area contributed by atoms with Crippen LogP contribution in [0.5, 0.6) is 0 Å². The van der Waals surface area contributed by atoms with Gasteiger partial charge in [0.15, 0.2) is 68.6 Å². The van der Waals surface area contributed by atoms with E-state index in [1.54, 1.807) is 37.2 Å². The van der Waals surface area contributed by atoms with E-state index in [9.17, 15) is 0 Å². The van der Waals surface area contributed by atoms with E-state index in [1.165, 1.54) is 5.56 Å². The monoisotopic (exact) mass is 1730 g/mol. The van der Waals surface area contributed by atoms with Crippen molar-refractivity contribution in [1.82, 2.24) is 34.9 Å². The van der Waals surface area contributed by atoms with E-state index < -0.39 is 18.1 Å². The molecular formula is C109H105N17O5. The van der Waals surface area contributed by atoms with Crippen LogP contribution in [-0.4, -0.2) is 97.9 Å². The van der Waals surface area contributed by atoms with Crippen molar-refractivity contribution in [3.8, 4) is 0 Å². The molecule has 25 rings (SSSR count). The summed E-state index contributed by atoms with van der Waals surface area (Å²) in [5.74, 6) is 5.91. The van der Waals surface area contributed by atoms with Gasteiger partial charge in [0, 0.05) is 129 Å². The Morgan fingerprint density at radius 2 is 0.466 bits per heavy atom. The molecular weight excluding hydrogens is 1630 g/mol. The van der Waals surface area contributed by atoms with Crippen molar-refractivity contribution in [1.29, 1.82) is 0 Å². The number of pyridine rings is 3. The molecule has 22 heteroatoms. The first kappa shape index (κ1) is 79.2. The summed E-state index contributed by atoms with van der Waals surface area (Å²) in [6.07, 6.45) is 12.3. The van der Waals surface area contributed by atoms with Crippen LogP contribution in [0.3, 0.4) is 0 Å². The lowest BCUT2D eigenvalue weighted by Crippen LogP contribution is -2.42. The van der Waals surface area contributed by atoms with Crippen LogP contribution in [0.25, 0.3) is 110 Å². The number of rotatable bonds is 8. The third-order valence-electron chi connectivity index (χ3n) is 26.6. The van der Waals surface area contributed by atoms with Crippen molar-refractivity contribution < 1.29 is 26.2 Å². The highest BCUT2D eigenvalue weighted by Gasteiger charge is 2.44.